The summed E-state index contributed by atoms with van der Waals surface area (Å²) in [5.41, 5.74) is -0.439. The van der Waals surface area contributed by atoms with Gasteiger partial charge in [-0.05, 0) is 31.2 Å². The van der Waals surface area contributed by atoms with Gasteiger partial charge in [0.1, 0.15) is 28.3 Å². The molecule has 2 aromatic rings. The van der Waals surface area contributed by atoms with Crippen LogP contribution in [-0.4, -0.2) is 32.2 Å². The number of nitrogens with one attached hydrogen (secondary N) is 1. The summed E-state index contributed by atoms with van der Waals surface area (Å²) >= 11 is 0. The van der Waals surface area contributed by atoms with Crippen LogP contribution >= 0.6 is 0 Å². The zero-order chi connectivity index (χ0) is 18.6. The van der Waals surface area contributed by atoms with Crippen molar-refractivity contribution in [3.63, 3.8) is 0 Å². The number of sulfone groups is 1. The number of nitro groups is 1. The molecule has 134 valence electrons. The zero-order valence-corrected chi connectivity index (χ0v) is 14.4. The lowest BCUT2D eigenvalue weighted by Gasteiger charge is -2.16. The van der Waals surface area contributed by atoms with E-state index in [1.165, 1.54) is 36.4 Å². The van der Waals surface area contributed by atoms with E-state index < -0.39 is 32.4 Å². The maximum Gasteiger partial charge on any atom is 0.310 e. The van der Waals surface area contributed by atoms with Gasteiger partial charge in [0.15, 0.2) is 9.84 Å². The number of halogens is 1. The highest BCUT2D eigenvalue weighted by Crippen LogP contribution is 2.31. The summed E-state index contributed by atoms with van der Waals surface area (Å²) in [6.07, 6.45) is 0.470. The third-order valence-electron chi connectivity index (χ3n) is 3.29. The second-order valence-electron chi connectivity index (χ2n) is 5.45. The second-order valence-corrected chi connectivity index (χ2v) is 7.43. The van der Waals surface area contributed by atoms with E-state index in [0.717, 1.165) is 6.26 Å². The lowest BCUT2D eigenvalue weighted by Crippen LogP contribution is -2.23. The number of rotatable bonds is 7. The number of hydrogen-bond acceptors (Lipinski definition) is 6. The Morgan fingerprint density at radius 1 is 1.28 bits per heavy atom. The maximum absolute atomic E-state index is 13.1. The van der Waals surface area contributed by atoms with Gasteiger partial charge in [0.2, 0.25) is 0 Å². The molecule has 0 aliphatic heterocycles. The van der Waals surface area contributed by atoms with Gasteiger partial charge in [-0.2, -0.15) is 0 Å². The van der Waals surface area contributed by atoms with Crippen molar-refractivity contribution in [1.29, 1.82) is 0 Å². The lowest BCUT2D eigenvalue weighted by molar-refractivity contribution is -0.386. The number of hydrogen-bond donors (Lipinski definition) is 1. The number of benzene rings is 2. The highest BCUT2D eigenvalue weighted by molar-refractivity contribution is 7.90. The molecule has 1 unspecified atom stereocenters. The van der Waals surface area contributed by atoms with Crippen molar-refractivity contribution in [2.45, 2.75) is 17.9 Å². The van der Waals surface area contributed by atoms with Gasteiger partial charge in [0.05, 0.1) is 11.5 Å². The molecular formula is C16H17FN2O5S. The smallest absolute Gasteiger partial charge is 0.310 e. The molecule has 2 rings (SSSR count). The quantitative estimate of drug-likeness (QED) is 0.596. The van der Waals surface area contributed by atoms with Crippen LogP contribution in [0.15, 0.2) is 47.4 Å². The van der Waals surface area contributed by atoms with Crippen molar-refractivity contribution in [1.82, 2.24) is 0 Å². The lowest BCUT2D eigenvalue weighted by atomic mass is 10.2. The molecule has 0 saturated heterocycles. The van der Waals surface area contributed by atoms with E-state index in [2.05, 4.69) is 5.32 Å². The molecule has 1 N–H and O–H groups in total. The molecule has 0 radical (unpaired) electrons. The number of nitrogens with zero attached hydrogens (tertiary/aromatic N) is 1. The molecule has 0 saturated carbocycles. The Kier molecular flexibility index (Phi) is 5.58. The third kappa shape index (κ3) is 4.90. The first-order valence-electron chi connectivity index (χ1n) is 7.32. The van der Waals surface area contributed by atoms with Crippen molar-refractivity contribution in [3.8, 4) is 5.75 Å². The van der Waals surface area contributed by atoms with Crippen molar-refractivity contribution in [2.24, 2.45) is 0 Å². The Morgan fingerprint density at radius 2 is 1.96 bits per heavy atom. The first-order valence-corrected chi connectivity index (χ1v) is 9.21. The zero-order valence-electron chi connectivity index (χ0n) is 13.6. The monoisotopic (exact) mass is 368 g/mol. The molecule has 7 nitrogen and oxygen atoms in total. The highest BCUT2D eigenvalue weighted by atomic mass is 32.2. The van der Waals surface area contributed by atoms with Crippen LogP contribution in [0.4, 0.5) is 15.8 Å². The Bertz CT molecular complexity index is 886. The number of para-hydroxylation sites is 1. The van der Waals surface area contributed by atoms with Crippen LogP contribution in [0.25, 0.3) is 0 Å². The standard InChI is InChI=1S/C16H17FN2O5S/c1-11(24-13-6-3-5-12(17)9-13)10-18-14-7-4-8-15(25(2,22)23)16(14)19(20)21/h3-9,11,18H,10H2,1-2H3. The average molecular weight is 368 g/mol. The summed E-state index contributed by atoms with van der Waals surface area (Å²) in [7, 11) is -3.75. The first-order chi connectivity index (χ1) is 11.7. The summed E-state index contributed by atoms with van der Waals surface area (Å²) < 4.78 is 42.1. The minimum atomic E-state index is -3.75. The summed E-state index contributed by atoms with van der Waals surface area (Å²) in [5.74, 6) is -0.108. The molecule has 0 heterocycles. The Morgan fingerprint density at radius 3 is 2.56 bits per heavy atom. The third-order valence-corrected chi connectivity index (χ3v) is 4.42. The molecule has 1 atom stereocenters. The predicted octanol–water partition coefficient (Wildman–Crippen LogP) is 3.02. The molecule has 0 spiro atoms. The first kappa shape index (κ1) is 18.7. The fourth-order valence-corrected chi connectivity index (χ4v) is 3.08. The normalized spacial score (nSPS) is 12.4. The van der Waals surface area contributed by atoms with Gasteiger partial charge in [-0.3, -0.25) is 10.1 Å². The molecule has 25 heavy (non-hydrogen) atoms. The minimum absolute atomic E-state index is 0.0719. The van der Waals surface area contributed by atoms with E-state index in [0.29, 0.717) is 5.75 Å². The Hall–Kier alpha value is -2.68. The Balaban J connectivity index is 2.16. The molecule has 0 fully saturated rings. The Labute approximate surface area is 144 Å². The topological polar surface area (TPSA) is 98.5 Å². The average Bonchev–Trinajstić information content (AvgIpc) is 2.51. The number of ether oxygens (including phenoxy) is 1. The summed E-state index contributed by atoms with van der Waals surface area (Å²) in [4.78, 5) is 10.2. The molecule has 9 heteroatoms. The molecular weight excluding hydrogens is 351 g/mol. The van der Waals surface area contributed by atoms with Crippen molar-refractivity contribution in [3.05, 3.63) is 58.4 Å². The van der Waals surface area contributed by atoms with Crippen LogP contribution in [0.5, 0.6) is 5.75 Å². The number of nitro benzene ring substituents is 1. The fourth-order valence-electron chi connectivity index (χ4n) is 2.22. The van der Waals surface area contributed by atoms with Gasteiger partial charge in [0.25, 0.3) is 0 Å². The second kappa shape index (κ2) is 7.47. The number of anilines is 1. The van der Waals surface area contributed by atoms with Crippen LogP contribution in [0.2, 0.25) is 0 Å². The van der Waals surface area contributed by atoms with E-state index in [4.69, 9.17) is 4.74 Å². The van der Waals surface area contributed by atoms with Gasteiger partial charge in [-0.1, -0.05) is 12.1 Å². The van der Waals surface area contributed by atoms with E-state index in [9.17, 15) is 22.9 Å². The van der Waals surface area contributed by atoms with Gasteiger partial charge in [0, 0.05) is 12.3 Å². The van der Waals surface area contributed by atoms with Crippen LogP contribution in [-0.2, 0) is 9.84 Å². The van der Waals surface area contributed by atoms with E-state index in [-0.39, 0.29) is 17.1 Å². The summed E-state index contributed by atoms with van der Waals surface area (Å²) in [5, 5.41) is 14.1. The van der Waals surface area contributed by atoms with Gasteiger partial charge in [-0.25, -0.2) is 12.8 Å². The summed E-state index contributed by atoms with van der Waals surface area (Å²) in [6.45, 7) is 1.86. The molecule has 0 bridgehead atoms. The SMILES string of the molecule is CC(CNc1cccc(S(C)(=O)=O)c1[N+](=O)[O-])Oc1cccc(F)c1. The largest absolute Gasteiger partial charge is 0.489 e. The fraction of sp³-hybridized carbons (Fsp3) is 0.250. The van der Waals surface area contributed by atoms with Crippen LogP contribution in [0.3, 0.4) is 0 Å². The molecule has 0 amide bonds. The molecule has 2 aromatic carbocycles. The molecule has 0 aliphatic rings. The minimum Gasteiger partial charge on any atom is -0.489 e. The van der Waals surface area contributed by atoms with E-state index in [1.54, 1.807) is 13.0 Å². The van der Waals surface area contributed by atoms with Crippen molar-refractivity contribution < 1.29 is 22.5 Å². The molecule has 0 aliphatic carbocycles. The van der Waals surface area contributed by atoms with Crippen LogP contribution in [0, 0.1) is 15.9 Å². The van der Waals surface area contributed by atoms with Gasteiger partial charge in [-0.15, -0.1) is 0 Å². The van der Waals surface area contributed by atoms with Gasteiger partial charge >= 0.3 is 5.69 Å². The van der Waals surface area contributed by atoms with Crippen LogP contribution < -0.4 is 10.1 Å². The summed E-state index contributed by atoms with van der Waals surface area (Å²) in [6, 6.07) is 9.63. The van der Waals surface area contributed by atoms with Crippen molar-refractivity contribution in [2.75, 3.05) is 18.1 Å². The van der Waals surface area contributed by atoms with Crippen molar-refractivity contribution >= 4 is 21.2 Å². The predicted molar refractivity (Wildman–Crippen MR) is 91.2 cm³/mol. The maximum atomic E-state index is 13.1. The van der Waals surface area contributed by atoms with E-state index in [1.807, 2.05) is 0 Å². The highest BCUT2D eigenvalue weighted by Gasteiger charge is 2.26. The van der Waals surface area contributed by atoms with E-state index >= 15 is 0 Å². The molecule has 0 aromatic heterocycles. The van der Waals surface area contributed by atoms with Gasteiger partial charge < -0.3 is 10.1 Å². The van der Waals surface area contributed by atoms with Crippen LogP contribution in [0.1, 0.15) is 6.92 Å².